The van der Waals surface area contributed by atoms with Crippen LogP contribution < -0.4 is 30.2 Å². The van der Waals surface area contributed by atoms with Crippen LogP contribution in [-0.2, 0) is 19.2 Å². The maximum atomic E-state index is 12.8. The summed E-state index contributed by atoms with van der Waals surface area (Å²) < 4.78 is 2.47. The van der Waals surface area contributed by atoms with Crippen molar-refractivity contribution in [2.75, 3.05) is 85.3 Å². The number of nitrogens with zero attached hydrogens (tertiary/aromatic N) is 8. The van der Waals surface area contributed by atoms with Crippen molar-refractivity contribution in [2.24, 2.45) is 0 Å². The molecule has 0 radical (unpaired) electrons. The van der Waals surface area contributed by atoms with E-state index in [0.29, 0.717) is 42.8 Å². The molecule has 1 atom stereocenters. The second-order valence-electron chi connectivity index (χ2n) is 17.3. The summed E-state index contributed by atoms with van der Waals surface area (Å²) in [5.74, 6) is 1.30. The van der Waals surface area contributed by atoms with Crippen LogP contribution in [0, 0.1) is 0 Å². The van der Waals surface area contributed by atoms with E-state index in [4.69, 9.17) is 4.98 Å². The summed E-state index contributed by atoms with van der Waals surface area (Å²) in [7, 11) is 5.77. The average Bonchev–Trinajstić information content (AvgIpc) is 3.81. The van der Waals surface area contributed by atoms with Gasteiger partial charge >= 0.3 is 0 Å². The number of para-hydroxylation sites is 1. The molecule has 0 spiro atoms. The number of likely N-dealkylation sites (tertiary alicyclic amines) is 1. The SMILES string of the molecule is CN(C=O)c1c(C2CCN(C3CN(c4cccc(SN5CCC(Nc6ncc(/C=C\C=O)c(N(C)C7CCCC7)n6)CC5)c4)C3)CC2)cccc1N(C)C1CCC(=O)NC1=O. The smallest absolute Gasteiger partial charge is 0.249 e. The molecule has 61 heavy (non-hydrogen) atoms. The van der Waals surface area contributed by atoms with Gasteiger partial charge in [0.2, 0.25) is 24.2 Å². The normalized spacial score (nSPS) is 21.4. The van der Waals surface area contributed by atoms with Crippen LogP contribution in [0.4, 0.5) is 28.8 Å². The summed E-state index contributed by atoms with van der Waals surface area (Å²) in [4.78, 5) is 69.6. The molecule has 1 aliphatic carbocycles. The standard InChI is InChI=1S/C46H60N10O4S/c1-51(31-58)43-39(14-7-15-40(43)53(3)41-16-17-42(59)49-45(41)60)32-18-22-54(23-19-32)37-29-55(30-37)36-12-6-13-38(27-36)61-56-24-20-34(21-25-56)48-46-47-28-33(9-8-26-57)44(50-46)52(2)35-10-4-5-11-35/h6-9,12-15,26-28,31-32,34-35,37,41H,4-5,10-11,16-25,29-30H2,1-3H3,(H,47,48,50)(H,49,59,60)/b9-8-. The van der Waals surface area contributed by atoms with E-state index in [-0.39, 0.29) is 11.8 Å². The van der Waals surface area contributed by atoms with E-state index in [1.807, 2.05) is 42.2 Å². The van der Waals surface area contributed by atoms with Gasteiger partial charge in [0.15, 0.2) is 0 Å². The molecule has 1 aromatic heterocycles. The van der Waals surface area contributed by atoms with Crippen LogP contribution >= 0.6 is 11.9 Å². The topological polar surface area (TPSA) is 138 Å². The highest BCUT2D eigenvalue weighted by atomic mass is 32.2. The molecular formula is C46H60N10O4S. The molecule has 15 heteroatoms. The van der Waals surface area contributed by atoms with Crippen molar-refractivity contribution in [1.29, 1.82) is 0 Å². The lowest BCUT2D eigenvalue weighted by molar-refractivity contribution is -0.134. The van der Waals surface area contributed by atoms with Gasteiger partial charge in [0.05, 0.1) is 11.4 Å². The van der Waals surface area contributed by atoms with E-state index in [0.717, 1.165) is 119 Å². The number of allylic oxidation sites excluding steroid dienone is 1. The van der Waals surface area contributed by atoms with Crippen LogP contribution in [0.5, 0.6) is 0 Å². The first-order chi connectivity index (χ1) is 29.7. The number of benzene rings is 2. The van der Waals surface area contributed by atoms with Crippen molar-refractivity contribution in [1.82, 2.24) is 24.5 Å². The van der Waals surface area contributed by atoms with Crippen molar-refractivity contribution in [2.45, 2.75) is 99.2 Å². The highest BCUT2D eigenvalue weighted by molar-refractivity contribution is 7.97. The van der Waals surface area contributed by atoms with Crippen LogP contribution in [0.25, 0.3) is 6.08 Å². The molecule has 5 fully saturated rings. The fourth-order valence-corrected chi connectivity index (χ4v) is 10.9. The summed E-state index contributed by atoms with van der Waals surface area (Å²) >= 11 is 1.84. The van der Waals surface area contributed by atoms with E-state index in [9.17, 15) is 19.2 Å². The van der Waals surface area contributed by atoms with Crippen LogP contribution in [0.3, 0.4) is 0 Å². The molecule has 2 aromatic carbocycles. The molecule has 1 unspecified atom stereocenters. The molecule has 4 saturated heterocycles. The van der Waals surface area contributed by atoms with E-state index in [1.54, 1.807) is 18.0 Å². The zero-order chi connectivity index (χ0) is 42.5. The lowest BCUT2D eigenvalue weighted by atomic mass is 9.86. The van der Waals surface area contributed by atoms with Gasteiger partial charge in [-0.05, 0) is 118 Å². The molecular weight excluding hydrogens is 789 g/mol. The highest BCUT2D eigenvalue weighted by Gasteiger charge is 2.37. The van der Waals surface area contributed by atoms with E-state index >= 15 is 0 Å². The Morgan fingerprint density at radius 1 is 0.885 bits per heavy atom. The summed E-state index contributed by atoms with van der Waals surface area (Å²) in [5.41, 5.74) is 4.95. The number of rotatable bonds is 15. The monoisotopic (exact) mass is 848 g/mol. The molecule has 1 saturated carbocycles. The Morgan fingerprint density at radius 2 is 1.64 bits per heavy atom. The molecule has 324 valence electrons. The minimum Gasteiger partial charge on any atom is -0.368 e. The summed E-state index contributed by atoms with van der Waals surface area (Å²) in [5, 5.41) is 6.09. The molecule has 5 heterocycles. The Morgan fingerprint density at radius 3 is 2.36 bits per heavy atom. The molecule has 5 aliphatic rings. The number of carbonyl (C=O) groups is 4. The van der Waals surface area contributed by atoms with Gasteiger partial charge in [-0.25, -0.2) is 9.29 Å². The highest BCUT2D eigenvalue weighted by Crippen LogP contribution is 2.42. The quantitative estimate of drug-likeness (QED) is 0.0857. The number of aldehydes is 1. The van der Waals surface area contributed by atoms with Crippen molar-refractivity contribution < 1.29 is 19.2 Å². The number of anilines is 5. The number of aromatic nitrogens is 2. The van der Waals surface area contributed by atoms with Crippen LogP contribution in [0.1, 0.15) is 81.3 Å². The fraction of sp³-hybridized carbons (Fsp3) is 0.522. The van der Waals surface area contributed by atoms with Crippen molar-refractivity contribution >= 4 is 71.4 Å². The van der Waals surface area contributed by atoms with Gasteiger partial charge in [-0.1, -0.05) is 31.0 Å². The molecule has 8 rings (SSSR count). The molecule has 2 N–H and O–H groups in total. The zero-order valence-electron chi connectivity index (χ0n) is 35.7. The minimum atomic E-state index is -0.469. The summed E-state index contributed by atoms with van der Waals surface area (Å²) in [6.07, 6.45) is 16.3. The number of hydrogen-bond donors (Lipinski definition) is 2. The number of hydrogen-bond acceptors (Lipinski definition) is 13. The molecule has 3 amide bonds. The maximum absolute atomic E-state index is 12.8. The summed E-state index contributed by atoms with van der Waals surface area (Å²) in [6.45, 7) is 5.95. The third kappa shape index (κ3) is 9.74. The average molecular weight is 849 g/mol. The van der Waals surface area contributed by atoms with Crippen molar-refractivity contribution in [3.63, 3.8) is 0 Å². The Bertz CT molecular complexity index is 2070. The lowest BCUT2D eigenvalue weighted by Crippen LogP contribution is -2.60. The Kier molecular flexibility index (Phi) is 13.6. The fourth-order valence-electron chi connectivity index (χ4n) is 9.91. The number of amides is 3. The largest absolute Gasteiger partial charge is 0.368 e. The third-order valence-corrected chi connectivity index (χ3v) is 14.6. The second kappa shape index (κ2) is 19.4. The minimum absolute atomic E-state index is 0.238. The molecule has 3 aromatic rings. The predicted molar refractivity (Wildman–Crippen MR) is 243 cm³/mol. The van der Waals surface area contributed by atoms with Crippen LogP contribution in [-0.4, -0.2) is 128 Å². The van der Waals surface area contributed by atoms with Gasteiger partial charge in [-0.3, -0.25) is 29.4 Å². The second-order valence-corrected chi connectivity index (χ2v) is 18.5. The van der Waals surface area contributed by atoms with Crippen LogP contribution in [0.2, 0.25) is 0 Å². The van der Waals surface area contributed by atoms with E-state index in [1.165, 1.54) is 29.5 Å². The zero-order valence-corrected chi connectivity index (χ0v) is 36.6. The number of nitrogens with one attached hydrogen (secondary N) is 2. The number of likely N-dealkylation sites (N-methyl/N-ethyl adjacent to an activating group) is 1. The van der Waals surface area contributed by atoms with Crippen molar-refractivity contribution in [3.8, 4) is 0 Å². The van der Waals surface area contributed by atoms with E-state index in [2.05, 4.69) is 72.0 Å². The van der Waals surface area contributed by atoms with E-state index < -0.39 is 6.04 Å². The van der Waals surface area contributed by atoms with Gasteiger partial charge < -0.3 is 24.9 Å². The Hall–Kier alpha value is -4.99. The van der Waals surface area contributed by atoms with Gasteiger partial charge in [-0.2, -0.15) is 4.98 Å². The first-order valence-corrected chi connectivity index (χ1v) is 22.8. The first-order valence-electron chi connectivity index (χ1n) is 22.1. The molecule has 0 bridgehead atoms. The first kappa shape index (κ1) is 42.7. The Labute approximate surface area is 364 Å². The molecule has 14 nitrogen and oxygen atoms in total. The summed E-state index contributed by atoms with van der Waals surface area (Å²) in [6, 6.07) is 15.9. The number of piperidine rings is 3. The lowest BCUT2D eigenvalue weighted by Gasteiger charge is -2.49. The number of imide groups is 1. The Balaban J connectivity index is 0.814. The van der Waals surface area contributed by atoms with Gasteiger partial charge in [0, 0.05) is 94.2 Å². The predicted octanol–water partition coefficient (Wildman–Crippen LogP) is 5.55. The maximum Gasteiger partial charge on any atom is 0.249 e. The number of carbonyl (C=O) groups excluding carboxylic acids is 4. The third-order valence-electron chi connectivity index (χ3n) is 13.5. The van der Waals surface area contributed by atoms with Crippen LogP contribution in [0.15, 0.2) is 59.6 Å². The van der Waals surface area contributed by atoms with Crippen molar-refractivity contribution in [3.05, 3.63) is 65.9 Å². The molecule has 4 aliphatic heterocycles. The van der Waals surface area contributed by atoms with Gasteiger partial charge in [0.25, 0.3) is 0 Å². The van der Waals surface area contributed by atoms with Gasteiger partial charge in [0.1, 0.15) is 18.1 Å². The van der Waals surface area contributed by atoms with Gasteiger partial charge in [-0.15, -0.1) is 0 Å².